The molecule has 1 saturated heterocycles. The zero-order valence-electron chi connectivity index (χ0n) is 12.7. The molecule has 0 bridgehead atoms. The van der Waals surface area contributed by atoms with Crippen LogP contribution in [0.3, 0.4) is 0 Å². The number of hydrogen-bond acceptors (Lipinski definition) is 3. The highest BCUT2D eigenvalue weighted by Gasteiger charge is 2.48. The van der Waals surface area contributed by atoms with E-state index in [0.29, 0.717) is 11.8 Å². The molecule has 0 radical (unpaired) electrons. The van der Waals surface area contributed by atoms with Crippen molar-refractivity contribution in [3.05, 3.63) is 48.3 Å². The van der Waals surface area contributed by atoms with Gasteiger partial charge in [-0.2, -0.15) is 0 Å². The predicted octanol–water partition coefficient (Wildman–Crippen LogP) is 2.28. The molecule has 114 valence electrons. The lowest BCUT2D eigenvalue weighted by Crippen LogP contribution is -2.32. The van der Waals surface area contributed by atoms with Crippen molar-refractivity contribution in [1.29, 1.82) is 0 Å². The molecule has 22 heavy (non-hydrogen) atoms. The van der Waals surface area contributed by atoms with E-state index in [9.17, 15) is 4.79 Å². The Hall–Kier alpha value is -2.17. The Kier molecular flexibility index (Phi) is 3.21. The first kappa shape index (κ1) is 13.5. The molecule has 2 aliphatic rings. The third-order valence-electron chi connectivity index (χ3n) is 4.95. The van der Waals surface area contributed by atoms with Crippen molar-refractivity contribution < 1.29 is 4.79 Å². The van der Waals surface area contributed by atoms with Crippen LogP contribution in [0.2, 0.25) is 0 Å². The van der Waals surface area contributed by atoms with Gasteiger partial charge in [-0.15, -0.1) is 0 Å². The minimum absolute atomic E-state index is 0.132. The van der Waals surface area contributed by atoms with Crippen LogP contribution in [0.15, 0.2) is 37.1 Å². The van der Waals surface area contributed by atoms with Crippen molar-refractivity contribution in [1.82, 2.24) is 19.4 Å². The topological polar surface area (TPSA) is 51.0 Å². The lowest BCUT2D eigenvalue weighted by atomic mass is 10.1. The number of aryl methyl sites for hydroxylation is 1. The Bertz CT molecular complexity index is 681. The van der Waals surface area contributed by atoms with Gasteiger partial charge >= 0.3 is 0 Å². The molecule has 0 N–H and O–H groups in total. The van der Waals surface area contributed by atoms with Crippen LogP contribution in [0.4, 0.5) is 0 Å². The molecule has 1 unspecified atom stereocenters. The summed E-state index contributed by atoms with van der Waals surface area (Å²) in [7, 11) is 2.00. The molecule has 1 saturated carbocycles. The second-order valence-electron chi connectivity index (χ2n) is 6.35. The van der Waals surface area contributed by atoms with Gasteiger partial charge in [-0.1, -0.05) is 6.07 Å². The van der Waals surface area contributed by atoms with Crippen LogP contribution < -0.4 is 0 Å². The summed E-state index contributed by atoms with van der Waals surface area (Å²) in [5.41, 5.74) is 2.33. The first-order chi connectivity index (χ1) is 10.8. The molecule has 3 heterocycles. The highest BCUT2D eigenvalue weighted by Crippen LogP contribution is 2.49. The number of pyridine rings is 1. The van der Waals surface area contributed by atoms with Gasteiger partial charge in [0.25, 0.3) is 0 Å². The minimum atomic E-state index is 0.132. The van der Waals surface area contributed by atoms with Crippen LogP contribution in [0.1, 0.15) is 42.5 Å². The number of likely N-dealkylation sites (tertiary alicyclic amines) is 1. The SMILES string of the molecule is Cn1cncc1[C@@H]1C[C@H]1C(=O)N1CCCC1c1cccnc1. The van der Waals surface area contributed by atoms with E-state index in [2.05, 4.69) is 20.9 Å². The summed E-state index contributed by atoms with van der Waals surface area (Å²) < 4.78 is 2.03. The first-order valence-corrected chi connectivity index (χ1v) is 7.92. The monoisotopic (exact) mass is 296 g/mol. The van der Waals surface area contributed by atoms with Gasteiger partial charge < -0.3 is 9.47 Å². The van der Waals surface area contributed by atoms with Crippen LogP contribution in [0.25, 0.3) is 0 Å². The molecule has 1 aliphatic heterocycles. The Morgan fingerprint density at radius 2 is 2.23 bits per heavy atom. The molecule has 5 heteroatoms. The van der Waals surface area contributed by atoms with Crippen LogP contribution >= 0.6 is 0 Å². The molecule has 0 spiro atoms. The molecule has 1 amide bonds. The smallest absolute Gasteiger partial charge is 0.226 e. The maximum atomic E-state index is 12.9. The fourth-order valence-electron chi connectivity index (χ4n) is 3.68. The zero-order chi connectivity index (χ0) is 15.1. The van der Waals surface area contributed by atoms with E-state index in [1.807, 2.05) is 36.4 Å². The van der Waals surface area contributed by atoms with Crippen molar-refractivity contribution >= 4 is 5.91 Å². The van der Waals surface area contributed by atoms with Gasteiger partial charge in [0.1, 0.15) is 0 Å². The number of aromatic nitrogens is 3. The van der Waals surface area contributed by atoms with E-state index in [4.69, 9.17) is 0 Å². The normalized spacial score (nSPS) is 27.1. The molecule has 4 rings (SSSR count). The van der Waals surface area contributed by atoms with Crippen molar-refractivity contribution in [2.24, 2.45) is 13.0 Å². The second kappa shape index (κ2) is 5.23. The van der Waals surface area contributed by atoms with Crippen LogP contribution in [0, 0.1) is 5.92 Å². The van der Waals surface area contributed by atoms with Gasteiger partial charge in [0.2, 0.25) is 5.91 Å². The molecule has 1 aliphatic carbocycles. The van der Waals surface area contributed by atoms with E-state index >= 15 is 0 Å². The van der Waals surface area contributed by atoms with E-state index in [0.717, 1.165) is 31.4 Å². The minimum Gasteiger partial charge on any atom is -0.337 e. The van der Waals surface area contributed by atoms with Gasteiger partial charge in [0.15, 0.2) is 0 Å². The number of hydrogen-bond donors (Lipinski definition) is 0. The molecule has 2 aromatic rings. The lowest BCUT2D eigenvalue weighted by Gasteiger charge is -2.25. The Labute approximate surface area is 130 Å². The van der Waals surface area contributed by atoms with E-state index in [-0.39, 0.29) is 12.0 Å². The molecule has 2 aromatic heterocycles. The Morgan fingerprint density at radius 3 is 2.95 bits per heavy atom. The highest BCUT2D eigenvalue weighted by molar-refractivity contribution is 5.83. The maximum absolute atomic E-state index is 12.9. The Morgan fingerprint density at radius 1 is 1.32 bits per heavy atom. The molecule has 0 aromatic carbocycles. The molecule has 3 atom stereocenters. The zero-order valence-corrected chi connectivity index (χ0v) is 12.7. The van der Waals surface area contributed by atoms with Crippen LogP contribution in [-0.2, 0) is 11.8 Å². The third kappa shape index (κ3) is 2.21. The highest BCUT2D eigenvalue weighted by atomic mass is 16.2. The van der Waals surface area contributed by atoms with Crippen LogP contribution in [0.5, 0.6) is 0 Å². The lowest BCUT2D eigenvalue weighted by molar-refractivity contribution is -0.133. The third-order valence-corrected chi connectivity index (χ3v) is 4.95. The summed E-state index contributed by atoms with van der Waals surface area (Å²) in [5, 5.41) is 0. The van der Waals surface area contributed by atoms with Gasteiger partial charge in [-0.25, -0.2) is 4.98 Å². The van der Waals surface area contributed by atoms with Crippen molar-refractivity contribution in [3.63, 3.8) is 0 Å². The van der Waals surface area contributed by atoms with Gasteiger partial charge in [0.05, 0.1) is 12.4 Å². The quantitative estimate of drug-likeness (QED) is 0.873. The fourth-order valence-corrected chi connectivity index (χ4v) is 3.68. The number of amides is 1. The van der Waals surface area contributed by atoms with E-state index in [1.165, 1.54) is 5.69 Å². The van der Waals surface area contributed by atoms with Gasteiger partial charge in [0, 0.05) is 49.7 Å². The molecular formula is C17H20N4O. The van der Waals surface area contributed by atoms with Crippen molar-refractivity contribution in [2.45, 2.75) is 31.2 Å². The Balaban J connectivity index is 1.50. The number of carbonyl (C=O) groups is 1. The fraction of sp³-hybridized carbons (Fsp3) is 0.471. The summed E-state index contributed by atoms with van der Waals surface area (Å²) in [6.45, 7) is 0.868. The van der Waals surface area contributed by atoms with E-state index in [1.54, 1.807) is 6.20 Å². The summed E-state index contributed by atoms with van der Waals surface area (Å²) >= 11 is 0. The largest absolute Gasteiger partial charge is 0.337 e. The standard InChI is InChI=1S/C17H20N4O/c1-20-11-19-10-16(20)13-8-14(13)17(22)21-7-3-5-15(21)12-4-2-6-18-9-12/h2,4,6,9-11,13-15H,3,5,7-8H2,1H3/t13-,14-,15?/m1/s1. The first-order valence-electron chi connectivity index (χ1n) is 7.92. The van der Waals surface area contributed by atoms with Crippen molar-refractivity contribution in [2.75, 3.05) is 6.54 Å². The maximum Gasteiger partial charge on any atom is 0.226 e. The number of rotatable bonds is 3. The number of imidazole rings is 1. The summed E-state index contributed by atoms with van der Waals surface area (Å²) in [4.78, 5) is 23.3. The summed E-state index contributed by atoms with van der Waals surface area (Å²) in [6, 6.07) is 4.23. The second-order valence-corrected chi connectivity index (χ2v) is 6.35. The van der Waals surface area contributed by atoms with Crippen molar-refractivity contribution in [3.8, 4) is 0 Å². The summed E-state index contributed by atoms with van der Waals surface area (Å²) in [6.07, 6.45) is 10.4. The molecular weight excluding hydrogens is 276 g/mol. The summed E-state index contributed by atoms with van der Waals surface area (Å²) in [5.74, 6) is 0.778. The molecule has 5 nitrogen and oxygen atoms in total. The average Bonchev–Trinajstić information content (AvgIpc) is 2.97. The van der Waals surface area contributed by atoms with Gasteiger partial charge in [-0.3, -0.25) is 9.78 Å². The predicted molar refractivity (Wildman–Crippen MR) is 82.0 cm³/mol. The van der Waals surface area contributed by atoms with Crippen LogP contribution in [-0.4, -0.2) is 31.9 Å². The van der Waals surface area contributed by atoms with Gasteiger partial charge in [-0.05, 0) is 30.9 Å². The number of nitrogens with zero attached hydrogens (tertiary/aromatic N) is 4. The number of carbonyl (C=O) groups excluding carboxylic acids is 1. The van der Waals surface area contributed by atoms with E-state index < -0.39 is 0 Å². The molecule has 2 fully saturated rings. The average molecular weight is 296 g/mol.